The van der Waals surface area contributed by atoms with Crippen molar-refractivity contribution in [1.82, 2.24) is 9.78 Å². The molecule has 5 nitrogen and oxygen atoms in total. The highest BCUT2D eigenvalue weighted by atomic mass is 32.2. The highest BCUT2D eigenvalue weighted by Gasteiger charge is 2.52. The van der Waals surface area contributed by atoms with E-state index in [1.165, 1.54) is 11.8 Å². The van der Waals surface area contributed by atoms with Gasteiger partial charge in [-0.15, -0.1) is 0 Å². The molecule has 0 amide bonds. The Morgan fingerprint density at radius 1 is 1.27 bits per heavy atom. The summed E-state index contributed by atoms with van der Waals surface area (Å²) in [5.41, 5.74) is 2.22. The van der Waals surface area contributed by atoms with Gasteiger partial charge in [-0.2, -0.15) is 5.10 Å². The van der Waals surface area contributed by atoms with Crippen molar-refractivity contribution >= 4 is 41.0 Å². The van der Waals surface area contributed by atoms with Gasteiger partial charge in [0.1, 0.15) is 0 Å². The molecule has 26 heavy (non-hydrogen) atoms. The van der Waals surface area contributed by atoms with Crippen LogP contribution in [0.3, 0.4) is 0 Å². The lowest BCUT2D eigenvalue weighted by Gasteiger charge is -2.32. The summed E-state index contributed by atoms with van der Waals surface area (Å²) in [6, 6.07) is 6.19. The fourth-order valence-electron chi connectivity index (χ4n) is 2.82. The van der Waals surface area contributed by atoms with E-state index in [0.29, 0.717) is 5.75 Å². The van der Waals surface area contributed by atoms with Gasteiger partial charge in [0.25, 0.3) is 0 Å². The highest BCUT2D eigenvalue weighted by molar-refractivity contribution is 8.13. The van der Waals surface area contributed by atoms with Crippen LogP contribution >= 0.6 is 11.8 Å². The third-order valence-corrected chi connectivity index (χ3v) is 6.01. The Morgan fingerprint density at radius 2 is 1.92 bits per heavy atom. The third-order valence-electron chi connectivity index (χ3n) is 5.12. The molecular formula is C19H25BN2O3S. The minimum atomic E-state index is -0.464. The molecule has 0 aliphatic carbocycles. The number of hydrogen-bond acceptors (Lipinski definition) is 5. The summed E-state index contributed by atoms with van der Waals surface area (Å²) in [7, 11) is 1.46. The first-order valence-corrected chi connectivity index (χ1v) is 9.69. The first kappa shape index (κ1) is 19.2. The molecule has 0 bridgehead atoms. The van der Waals surface area contributed by atoms with E-state index in [2.05, 4.69) is 17.2 Å². The van der Waals surface area contributed by atoms with Crippen molar-refractivity contribution in [3.05, 3.63) is 35.4 Å². The lowest BCUT2D eigenvalue weighted by Crippen LogP contribution is -2.41. The number of fused-ring (bicyclic) bond motifs is 1. The fraction of sp³-hybridized carbons (Fsp3) is 0.474. The maximum atomic E-state index is 11.5. The number of aryl methyl sites for hydroxylation is 1. The molecule has 2 aromatic rings. The molecule has 0 N–H and O–H groups in total. The molecule has 1 aliphatic rings. The van der Waals surface area contributed by atoms with E-state index in [1.807, 2.05) is 57.8 Å². The quantitative estimate of drug-likeness (QED) is 0.763. The van der Waals surface area contributed by atoms with Crippen molar-refractivity contribution in [3.63, 3.8) is 0 Å². The number of benzene rings is 1. The number of nitrogens with zero attached hydrogens (tertiary/aromatic N) is 2. The van der Waals surface area contributed by atoms with Crippen LogP contribution in [0.5, 0.6) is 0 Å². The maximum Gasteiger partial charge on any atom is 0.491 e. The summed E-state index contributed by atoms with van der Waals surface area (Å²) in [4.78, 5) is 11.5. The second-order valence-corrected chi connectivity index (χ2v) is 8.83. The van der Waals surface area contributed by atoms with Crippen molar-refractivity contribution in [2.45, 2.75) is 45.8 Å². The average Bonchev–Trinajstić information content (AvgIpc) is 3.00. The zero-order valence-electron chi connectivity index (χ0n) is 16.2. The average molecular weight is 372 g/mol. The Kier molecular flexibility index (Phi) is 5.07. The standard InChI is InChI=1S/C19H25BN2O3S/c1-13(23)26-12-16(20-24-18(2,3)19(4,5)25-20)9-14-7-8-15-11-21-22(6)17(15)10-14/h7-11H,12H2,1-6H3. The molecule has 1 saturated heterocycles. The SMILES string of the molecule is CC(=O)SCC(=Cc1ccc2cnn(C)c2c1)B1OC(C)(C)C(C)(C)O1. The second kappa shape index (κ2) is 6.87. The Bertz CT molecular complexity index is 857. The Morgan fingerprint density at radius 3 is 2.54 bits per heavy atom. The van der Waals surface area contributed by atoms with Gasteiger partial charge in [0.15, 0.2) is 5.12 Å². The molecule has 7 heteroatoms. The van der Waals surface area contributed by atoms with Gasteiger partial charge in [0.2, 0.25) is 0 Å². The van der Waals surface area contributed by atoms with Crippen molar-refractivity contribution in [2.75, 3.05) is 5.75 Å². The predicted octanol–water partition coefficient (Wildman–Crippen LogP) is 3.87. The van der Waals surface area contributed by atoms with Crippen LogP contribution in [0.25, 0.3) is 17.0 Å². The first-order chi connectivity index (χ1) is 12.1. The van der Waals surface area contributed by atoms with Crippen LogP contribution in [0, 0.1) is 0 Å². The molecule has 0 radical (unpaired) electrons. The second-order valence-electron chi connectivity index (χ2n) is 7.67. The van der Waals surface area contributed by atoms with Crippen LogP contribution in [-0.4, -0.2) is 39.0 Å². The summed E-state index contributed by atoms with van der Waals surface area (Å²) in [5.74, 6) is 0.537. The molecule has 1 aliphatic heterocycles. The predicted molar refractivity (Wildman–Crippen MR) is 108 cm³/mol. The minimum absolute atomic E-state index is 0.0782. The van der Waals surface area contributed by atoms with Gasteiger partial charge in [0, 0.05) is 25.1 Å². The minimum Gasteiger partial charge on any atom is -0.400 e. The van der Waals surface area contributed by atoms with Crippen molar-refractivity contribution in [3.8, 4) is 0 Å². The summed E-state index contributed by atoms with van der Waals surface area (Å²) >= 11 is 1.27. The molecule has 0 spiro atoms. The fourth-order valence-corrected chi connectivity index (χ4v) is 3.41. The van der Waals surface area contributed by atoms with E-state index < -0.39 is 18.3 Å². The summed E-state index contributed by atoms with van der Waals surface area (Å²) in [6.45, 7) is 9.71. The molecule has 2 heterocycles. The Balaban J connectivity index is 1.95. The summed E-state index contributed by atoms with van der Waals surface area (Å²) in [5, 5.41) is 5.46. The number of carbonyl (C=O) groups is 1. The van der Waals surface area contributed by atoms with Gasteiger partial charge in [-0.25, -0.2) is 0 Å². The lowest BCUT2D eigenvalue weighted by molar-refractivity contribution is -0.109. The molecule has 1 aromatic heterocycles. The number of carbonyl (C=O) groups excluding carboxylic acids is 1. The molecule has 0 unspecified atom stereocenters. The molecule has 1 aromatic carbocycles. The number of hydrogen-bond donors (Lipinski definition) is 0. The lowest BCUT2D eigenvalue weighted by atomic mass is 9.78. The molecule has 138 valence electrons. The summed E-state index contributed by atoms with van der Waals surface area (Å²) in [6.07, 6.45) is 3.91. The van der Waals surface area contributed by atoms with Crippen molar-refractivity contribution in [1.29, 1.82) is 0 Å². The molecule has 1 fully saturated rings. The monoisotopic (exact) mass is 372 g/mol. The molecule has 0 saturated carbocycles. The van der Waals surface area contributed by atoms with Gasteiger partial charge in [0.05, 0.1) is 22.9 Å². The smallest absolute Gasteiger partial charge is 0.400 e. The van der Waals surface area contributed by atoms with Gasteiger partial charge in [-0.1, -0.05) is 30.0 Å². The van der Waals surface area contributed by atoms with Gasteiger partial charge in [-0.3, -0.25) is 9.48 Å². The van der Waals surface area contributed by atoms with Crippen LogP contribution < -0.4 is 0 Å². The summed E-state index contributed by atoms with van der Waals surface area (Å²) < 4.78 is 14.2. The van der Waals surface area contributed by atoms with Crippen LogP contribution in [0.4, 0.5) is 0 Å². The van der Waals surface area contributed by atoms with E-state index in [4.69, 9.17) is 9.31 Å². The Hall–Kier alpha value is -1.57. The van der Waals surface area contributed by atoms with E-state index in [1.54, 1.807) is 6.92 Å². The zero-order valence-corrected chi connectivity index (χ0v) is 17.0. The normalized spacial score (nSPS) is 19.3. The van der Waals surface area contributed by atoms with E-state index >= 15 is 0 Å². The van der Waals surface area contributed by atoms with Crippen molar-refractivity contribution < 1.29 is 14.1 Å². The van der Waals surface area contributed by atoms with Crippen LogP contribution in [0.1, 0.15) is 40.2 Å². The topological polar surface area (TPSA) is 53.4 Å². The number of rotatable bonds is 4. The van der Waals surface area contributed by atoms with E-state index in [9.17, 15) is 4.79 Å². The molecule has 3 rings (SSSR count). The zero-order chi connectivity index (χ0) is 19.1. The molecular weight excluding hydrogens is 347 g/mol. The first-order valence-electron chi connectivity index (χ1n) is 8.70. The van der Waals surface area contributed by atoms with Gasteiger partial charge < -0.3 is 9.31 Å². The van der Waals surface area contributed by atoms with Crippen LogP contribution in [-0.2, 0) is 21.2 Å². The van der Waals surface area contributed by atoms with E-state index in [0.717, 1.165) is 21.9 Å². The van der Waals surface area contributed by atoms with E-state index in [-0.39, 0.29) is 5.12 Å². The van der Waals surface area contributed by atoms with Crippen LogP contribution in [0.15, 0.2) is 29.9 Å². The van der Waals surface area contributed by atoms with Crippen molar-refractivity contribution in [2.24, 2.45) is 7.05 Å². The third kappa shape index (κ3) is 3.75. The number of aromatic nitrogens is 2. The number of thioether (sulfide) groups is 1. The molecule has 0 atom stereocenters. The highest BCUT2D eigenvalue weighted by Crippen LogP contribution is 2.39. The van der Waals surface area contributed by atoms with Crippen LogP contribution in [0.2, 0.25) is 0 Å². The van der Waals surface area contributed by atoms with Gasteiger partial charge >= 0.3 is 7.12 Å². The maximum absolute atomic E-state index is 11.5. The van der Waals surface area contributed by atoms with Gasteiger partial charge in [-0.05, 0) is 44.8 Å². The Labute approximate surface area is 159 Å². The largest absolute Gasteiger partial charge is 0.491 e.